The van der Waals surface area contributed by atoms with Crippen LogP contribution in [0.25, 0.3) is 0 Å². The van der Waals surface area contributed by atoms with Crippen molar-refractivity contribution < 1.29 is 17.9 Å². The average Bonchev–Trinajstić information content (AvgIpc) is 2.32. The SMILES string of the molecule is Cc1cc(F)c(N)c(C)c1S(=O)(=O)NCC(O)C(C)C. The van der Waals surface area contributed by atoms with Gasteiger partial charge in [0.2, 0.25) is 10.0 Å². The van der Waals surface area contributed by atoms with Crippen LogP contribution < -0.4 is 10.5 Å². The van der Waals surface area contributed by atoms with Crippen LogP contribution in [0.5, 0.6) is 0 Å². The summed E-state index contributed by atoms with van der Waals surface area (Å²) in [5, 5.41) is 9.66. The molecule has 0 bridgehead atoms. The Hall–Kier alpha value is -1.18. The highest BCUT2D eigenvalue weighted by Crippen LogP contribution is 2.27. The number of nitrogens with one attached hydrogen (secondary N) is 1. The molecule has 0 amide bonds. The number of nitrogens with two attached hydrogens (primary N) is 1. The van der Waals surface area contributed by atoms with E-state index in [1.54, 1.807) is 13.8 Å². The Labute approximate surface area is 119 Å². The number of sulfonamides is 1. The molecule has 0 aliphatic heterocycles. The van der Waals surface area contributed by atoms with Gasteiger partial charge in [-0.05, 0) is 37.0 Å². The standard InChI is InChI=1S/C13H21FN2O3S/c1-7(2)11(17)6-16-20(18,19)13-8(3)5-10(14)12(15)9(13)4/h5,7,11,16-17H,6,15H2,1-4H3. The third-order valence-corrected chi connectivity index (χ3v) is 4.94. The summed E-state index contributed by atoms with van der Waals surface area (Å²) in [7, 11) is -3.85. The molecule has 0 saturated carbocycles. The number of rotatable bonds is 5. The van der Waals surface area contributed by atoms with Crippen LogP contribution >= 0.6 is 0 Å². The quantitative estimate of drug-likeness (QED) is 0.715. The summed E-state index contributed by atoms with van der Waals surface area (Å²) in [6, 6.07) is 1.09. The Balaban J connectivity index is 3.14. The number of benzene rings is 1. The van der Waals surface area contributed by atoms with E-state index in [9.17, 15) is 17.9 Å². The summed E-state index contributed by atoms with van der Waals surface area (Å²) < 4.78 is 40.3. The molecule has 0 aliphatic rings. The summed E-state index contributed by atoms with van der Waals surface area (Å²) >= 11 is 0. The van der Waals surface area contributed by atoms with Crippen LogP contribution in [-0.4, -0.2) is 26.2 Å². The van der Waals surface area contributed by atoms with Gasteiger partial charge < -0.3 is 10.8 Å². The van der Waals surface area contributed by atoms with Crippen molar-refractivity contribution in [1.29, 1.82) is 0 Å². The van der Waals surface area contributed by atoms with E-state index in [0.29, 0.717) is 0 Å². The van der Waals surface area contributed by atoms with Crippen LogP contribution in [0.4, 0.5) is 10.1 Å². The largest absolute Gasteiger partial charge is 0.396 e. The zero-order valence-corrected chi connectivity index (χ0v) is 12.9. The number of hydrogen-bond acceptors (Lipinski definition) is 4. The zero-order chi connectivity index (χ0) is 15.7. The van der Waals surface area contributed by atoms with E-state index in [2.05, 4.69) is 4.72 Å². The van der Waals surface area contributed by atoms with Crippen molar-refractivity contribution >= 4 is 15.7 Å². The molecule has 0 aromatic heterocycles. The Bertz CT molecular complexity index is 600. The van der Waals surface area contributed by atoms with E-state index in [0.717, 1.165) is 6.07 Å². The summed E-state index contributed by atoms with van der Waals surface area (Å²) in [5.41, 5.74) is 5.81. The smallest absolute Gasteiger partial charge is 0.241 e. The first-order valence-corrected chi connectivity index (χ1v) is 7.79. The number of aliphatic hydroxyl groups is 1. The number of aliphatic hydroxyl groups excluding tert-OH is 1. The minimum absolute atomic E-state index is 0.0349. The van der Waals surface area contributed by atoms with E-state index in [4.69, 9.17) is 5.73 Å². The molecule has 1 aromatic carbocycles. The number of aryl methyl sites for hydroxylation is 1. The van der Waals surface area contributed by atoms with Crippen LogP contribution in [-0.2, 0) is 10.0 Å². The highest BCUT2D eigenvalue weighted by molar-refractivity contribution is 7.89. The molecule has 1 atom stereocenters. The van der Waals surface area contributed by atoms with Gasteiger partial charge >= 0.3 is 0 Å². The molecule has 5 nitrogen and oxygen atoms in total. The third-order valence-electron chi connectivity index (χ3n) is 3.22. The van der Waals surface area contributed by atoms with Crippen LogP contribution in [0.1, 0.15) is 25.0 Å². The molecule has 20 heavy (non-hydrogen) atoms. The molecule has 4 N–H and O–H groups in total. The second kappa shape index (κ2) is 6.07. The predicted octanol–water partition coefficient (Wildman–Crippen LogP) is 1.32. The number of anilines is 1. The van der Waals surface area contributed by atoms with Gasteiger partial charge in [0, 0.05) is 6.54 Å². The monoisotopic (exact) mass is 304 g/mol. The zero-order valence-electron chi connectivity index (χ0n) is 12.1. The maximum absolute atomic E-state index is 13.4. The van der Waals surface area contributed by atoms with Crippen LogP contribution in [0.3, 0.4) is 0 Å². The summed E-state index contributed by atoms with van der Waals surface area (Å²) in [4.78, 5) is -0.0349. The molecule has 7 heteroatoms. The molecule has 1 unspecified atom stereocenters. The molecule has 1 aromatic rings. The Kier molecular flexibility index (Phi) is 5.12. The van der Waals surface area contributed by atoms with Gasteiger partial charge in [0.15, 0.2) is 0 Å². The molecule has 1 rings (SSSR count). The summed E-state index contributed by atoms with van der Waals surface area (Å²) in [6.07, 6.45) is -0.789. The lowest BCUT2D eigenvalue weighted by atomic mass is 10.1. The fourth-order valence-corrected chi connectivity index (χ4v) is 3.38. The van der Waals surface area contributed by atoms with Gasteiger partial charge in [-0.3, -0.25) is 0 Å². The van der Waals surface area contributed by atoms with Gasteiger partial charge in [-0.2, -0.15) is 0 Å². The second-order valence-corrected chi connectivity index (χ2v) is 6.91. The fourth-order valence-electron chi connectivity index (χ4n) is 1.85. The number of halogens is 1. The molecule has 0 saturated heterocycles. The van der Waals surface area contributed by atoms with Gasteiger partial charge in [-0.15, -0.1) is 0 Å². The number of nitrogen functional groups attached to an aromatic ring is 1. The van der Waals surface area contributed by atoms with E-state index < -0.39 is 21.9 Å². The third kappa shape index (κ3) is 3.47. The van der Waals surface area contributed by atoms with Crippen molar-refractivity contribution in [3.8, 4) is 0 Å². The van der Waals surface area contributed by atoms with Crippen molar-refractivity contribution in [3.63, 3.8) is 0 Å². The molecular formula is C13H21FN2O3S. The lowest BCUT2D eigenvalue weighted by molar-refractivity contribution is 0.129. The van der Waals surface area contributed by atoms with Crippen LogP contribution in [0, 0.1) is 25.6 Å². The molecule has 0 spiro atoms. The highest BCUT2D eigenvalue weighted by Gasteiger charge is 2.24. The first-order valence-electron chi connectivity index (χ1n) is 6.30. The summed E-state index contributed by atoms with van der Waals surface area (Å²) in [6.45, 7) is 6.43. The van der Waals surface area contributed by atoms with Crippen molar-refractivity contribution in [2.24, 2.45) is 5.92 Å². The van der Waals surface area contributed by atoms with E-state index in [1.165, 1.54) is 13.8 Å². The second-order valence-electron chi connectivity index (χ2n) is 5.21. The van der Waals surface area contributed by atoms with Gasteiger partial charge in [0.25, 0.3) is 0 Å². The Morgan fingerprint density at radius 3 is 2.45 bits per heavy atom. The van der Waals surface area contributed by atoms with Crippen LogP contribution in [0.2, 0.25) is 0 Å². The normalized spacial score (nSPS) is 13.8. The molecular weight excluding hydrogens is 283 g/mol. The fraction of sp³-hybridized carbons (Fsp3) is 0.538. The average molecular weight is 304 g/mol. The minimum Gasteiger partial charge on any atom is -0.396 e. The first-order chi connectivity index (χ1) is 9.08. The van der Waals surface area contributed by atoms with Crippen LogP contribution in [0.15, 0.2) is 11.0 Å². The van der Waals surface area contributed by atoms with E-state index in [-0.39, 0.29) is 34.2 Å². The van der Waals surface area contributed by atoms with Crippen molar-refractivity contribution in [1.82, 2.24) is 4.72 Å². The maximum Gasteiger partial charge on any atom is 0.241 e. The molecule has 0 fully saturated rings. The number of hydrogen-bond donors (Lipinski definition) is 3. The minimum atomic E-state index is -3.85. The van der Waals surface area contributed by atoms with E-state index >= 15 is 0 Å². The molecule has 0 radical (unpaired) electrons. The van der Waals surface area contributed by atoms with Crippen molar-refractivity contribution in [3.05, 3.63) is 23.0 Å². The lowest BCUT2D eigenvalue weighted by Gasteiger charge is -2.18. The maximum atomic E-state index is 13.4. The lowest BCUT2D eigenvalue weighted by Crippen LogP contribution is -2.35. The molecule has 114 valence electrons. The molecule has 0 aliphatic carbocycles. The van der Waals surface area contributed by atoms with Crippen molar-refractivity contribution in [2.45, 2.75) is 38.7 Å². The highest BCUT2D eigenvalue weighted by atomic mass is 32.2. The molecule has 0 heterocycles. The Morgan fingerprint density at radius 2 is 1.95 bits per heavy atom. The van der Waals surface area contributed by atoms with E-state index in [1.807, 2.05) is 0 Å². The van der Waals surface area contributed by atoms with Gasteiger partial charge in [-0.1, -0.05) is 13.8 Å². The van der Waals surface area contributed by atoms with Crippen molar-refractivity contribution in [2.75, 3.05) is 12.3 Å². The Morgan fingerprint density at radius 1 is 1.40 bits per heavy atom. The van der Waals surface area contributed by atoms with Gasteiger partial charge in [-0.25, -0.2) is 17.5 Å². The predicted molar refractivity (Wildman–Crippen MR) is 76.3 cm³/mol. The van der Waals surface area contributed by atoms with Gasteiger partial charge in [0.1, 0.15) is 5.82 Å². The first kappa shape index (κ1) is 16.9. The summed E-state index contributed by atoms with van der Waals surface area (Å²) in [5.74, 6) is -0.709. The van der Waals surface area contributed by atoms with Gasteiger partial charge in [0.05, 0.1) is 16.7 Å². The topological polar surface area (TPSA) is 92.4 Å².